The van der Waals surface area contributed by atoms with Crippen molar-refractivity contribution in [2.24, 2.45) is 5.73 Å². The molecule has 0 aliphatic carbocycles. The molecule has 0 radical (unpaired) electrons. The fraction of sp³-hybridized carbons (Fsp3) is 0.545. The van der Waals surface area contributed by atoms with Gasteiger partial charge in [-0.25, -0.2) is 4.98 Å². The van der Waals surface area contributed by atoms with E-state index in [0.29, 0.717) is 0 Å². The lowest BCUT2D eigenvalue weighted by molar-refractivity contribution is 0.808. The molecular formula is C11H18N2S. The minimum atomic E-state index is 0.100. The number of unbranched alkanes of at least 4 members (excludes halogenated alkanes) is 1. The van der Waals surface area contributed by atoms with Gasteiger partial charge in [-0.1, -0.05) is 13.3 Å². The van der Waals surface area contributed by atoms with E-state index < -0.39 is 0 Å². The van der Waals surface area contributed by atoms with Crippen LogP contribution in [0, 0.1) is 0 Å². The van der Waals surface area contributed by atoms with Crippen LogP contribution in [-0.4, -0.2) is 10.7 Å². The number of hydrogen-bond donors (Lipinski definition) is 1. The van der Waals surface area contributed by atoms with E-state index in [4.69, 9.17) is 5.73 Å². The van der Waals surface area contributed by atoms with Crippen molar-refractivity contribution in [2.75, 3.05) is 5.75 Å². The molecule has 0 aliphatic rings. The molecule has 0 amide bonds. The van der Waals surface area contributed by atoms with Gasteiger partial charge >= 0.3 is 0 Å². The number of thioether (sulfide) groups is 1. The van der Waals surface area contributed by atoms with Crippen molar-refractivity contribution in [3.8, 4) is 0 Å². The Hall–Kier alpha value is -0.540. The molecule has 0 saturated heterocycles. The zero-order valence-corrected chi connectivity index (χ0v) is 9.68. The topological polar surface area (TPSA) is 38.9 Å². The monoisotopic (exact) mass is 210 g/mol. The number of pyridine rings is 1. The molecule has 78 valence electrons. The quantitative estimate of drug-likeness (QED) is 0.600. The van der Waals surface area contributed by atoms with Gasteiger partial charge in [-0.3, -0.25) is 0 Å². The van der Waals surface area contributed by atoms with Crippen LogP contribution in [0.15, 0.2) is 23.4 Å². The number of rotatable bonds is 5. The van der Waals surface area contributed by atoms with Crippen LogP contribution in [0.3, 0.4) is 0 Å². The second kappa shape index (κ2) is 6.04. The van der Waals surface area contributed by atoms with Gasteiger partial charge in [0.1, 0.15) is 0 Å². The van der Waals surface area contributed by atoms with Gasteiger partial charge in [0, 0.05) is 12.2 Å². The third kappa shape index (κ3) is 3.68. The van der Waals surface area contributed by atoms with E-state index in [1.165, 1.54) is 18.4 Å². The normalized spacial score (nSPS) is 12.8. The summed E-state index contributed by atoms with van der Waals surface area (Å²) in [6.07, 6.45) is 4.32. The molecule has 0 spiro atoms. The maximum absolute atomic E-state index is 5.80. The summed E-state index contributed by atoms with van der Waals surface area (Å²) in [5.74, 6) is 1.14. The predicted molar refractivity (Wildman–Crippen MR) is 62.5 cm³/mol. The molecule has 0 saturated carbocycles. The Labute approximate surface area is 90.3 Å². The summed E-state index contributed by atoms with van der Waals surface area (Å²) in [4.78, 5) is 4.30. The Kier molecular flexibility index (Phi) is 4.98. The largest absolute Gasteiger partial charge is 0.324 e. The molecule has 0 aliphatic heterocycles. The van der Waals surface area contributed by atoms with Crippen LogP contribution in [-0.2, 0) is 0 Å². The zero-order valence-electron chi connectivity index (χ0n) is 8.86. The molecule has 0 fully saturated rings. The molecule has 1 aromatic heterocycles. The number of hydrogen-bond acceptors (Lipinski definition) is 3. The molecule has 1 aromatic rings. The van der Waals surface area contributed by atoms with Gasteiger partial charge in [-0.05, 0) is 36.8 Å². The Morgan fingerprint density at radius 1 is 1.57 bits per heavy atom. The van der Waals surface area contributed by atoms with Crippen molar-refractivity contribution in [3.05, 3.63) is 23.9 Å². The average molecular weight is 210 g/mol. The molecule has 0 unspecified atom stereocenters. The van der Waals surface area contributed by atoms with E-state index in [9.17, 15) is 0 Å². The van der Waals surface area contributed by atoms with Crippen LogP contribution in [0.4, 0.5) is 0 Å². The molecule has 2 nitrogen and oxygen atoms in total. The van der Waals surface area contributed by atoms with E-state index in [1.54, 1.807) is 0 Å². The summed E-state index contributed by atoms with van der Waals surface area (Å²) in [6, 6.07) is 4.17. The van der Waals surface area contributed by atoms with Crippen molar-refractivity contribution < 1.29 is 0 Å². The summed E-state index contributed by atoms with van der Waals surface area (Å²) in [6.45, 7) is 4.20. The maximum Gasteiger partial charge on any atom is 0.0963 e. The van der Waals surface area contributed by atoms with Gasteiger partial charge in [0.15, 0.2) is 0 Å². The Morgan fingerprint density at radius 3 is 3.00 bits per heavy atom. The fourth-order valence-electron chi connectivity index (χ4n) is 1.11. The maximum atomic E-state index is 5.80. The average Bonchev–Trinajstić information content (AvgIpc) is 2.19. The van der Waals surface area contributed by atoms with Crippen LogP contribution in [0.1, 0.15) is 38.3 Å². The summed E-state index contributed by atoms with van der Waals surface area (Å²) < 4.78 is 0. The first-order valence-corrected chi connectivity index (χ1v) is 6.07. The van der Waals surface area contributed by atoms with Gasteiger partial charge in [0.25, 0.3) is 0 Å². The van der Waals surface area contributed by atoms with Crippen molar-refractivity contribution in [3.63, 3.8) is 0 Å². The highest BCUT2D eigenvalue weighted by Crippen LogP contribution is 2.19. The Balaban J connectivity index is 2.55. The molecule has 1 rings (SSSR count). The molecule has 14 heavy (non-hydrogen) atoms. The lowest BCUT2D eigenvalue weighted by Crippen LogP contribution is -2.05. The first-order valence-electron chi connectivity index (χ1n) is 5.08. The third-order valence-electron chi connectivity index (χ3n) is 2.03. The van der Waals surface area contributed by atoms with E-state index in [0.717, 1.165) is 10.8 Å². The van der Waals surface area contributed by atoms with Crippen molar-refractivity contribution in [2.45, 2.75) is 37.8 Å². The number of aromatic nitrogens is 1. The predicted octanol–water partition coefficient (Wildman–Crippen LogP) is 2.99. The summed E-state index contributed by atoms with van der Waals surface area (Å²) >= 11 is 1.81. The summed E-state index contributed by atoms with van der Waals surface area (Å²) in [5, 5.41) is 1.09. The lowest BCUT2D eigenvalue weighted by Gasteiger charge is -2.06. The van der Waals surface area contributed by atoms with Crippen LogP contribution in [0.2, 0.25) is 0 Å². The Bertz CT molecular complexity index is 274. The summed E-state index contributed by atoms with van der Waals surface area (Å²) in [5.41, 5.74) is 6.97. The SMILES string of the molecule is CCCCSc1cc([C@@H](C)N)ccn1. The fourth-order valence-corrected chi connectivity index (χ4v) is 2.10. The molecule has 1 atom stereocenters. The Morgan fingerprint density at radius 2 is 2.36 bits per heavy atom. The van der Waals surface area contributed by atoms with Gasteiger partial charge < -0.3 is 5.73 Å². The molecule has 0 bridgehead atoms. The molecule has 1 heterocycles. The second-order valence-corrected chi connectivity index (χ2v) is 4.53. The highest BCUT2D eigenvalue weighted by molar-refractivity contribution is 7.99. The van der Waals surface area contributed by atoms with Crippen molar-refractivity contribution in [1.82, 2.24) is 4.98 Å². The molecule has 0 aromatic carbocycles. The lowest BCUT2D eigenvalue weighted by atomic mass is 10.1. The van der Waals surface area contributed by atoms with E-state index in [-0.39, 0.29) is 6.04 Å². The molecular weight excluding hydrogens is 192 g/mol. The number of nitrogens with two attached hydrogens (primary N) is 1. The highest BCUT2D eigenvalue weighted by atomic mass is 32.2. The van der Waals surface area contributed by atoms with E-state index in [2.05, 4.69) is 18.0 Å². The minimum absolute atomic E-state index is 0.100. The van der Waals surface area contributed by atoms with Crippen molar-refractivity contribution >= 4 is 11.8 Å². The van der Waals surface area contributed by atoms with Gasteiger partial charge in [0.2, 0.25) is 0 Å². The minimum Gasteiger partial charge on any atom is -0.324 e. The van der Waals surface area contributed by atoms with E-state index >= 15 is 0 Å². The third-order valence-corrected chi connectivity index (χ3v) is 3.04. The van der Waals surface area contributed by atoms with Crippen LogP contribution in [0.25, 0.3) is 0 Å². The molecule has 3 heteroatoms. The smallest absolute Gasteiger partial charge is 0.0963 e. The van der Waals surface area contributed by atoms with Crippen LogP contribution >= 0.6 is 11.8 Å². The first kappa shape index (κ1) is 11.5. The van der Waals surface area contributed by atoms with E-state index in [1.807, 2.05) is 30.9 Å². The highest BCUT2D eigenvalue weighted by Gasteiger charge is 2.01. The van der Waals surface area contributed by atoms with Gasteiger partial charge in [0.05, 0.1) is 5.03 Å². The summed E-state index contributed by atoms with van der Waals surface area (Å²) in [7, 11) is 0. The molecule has 2 N–H and O–H groups in total. The second-order valence-electron chi connectivity index (χ2n) is 3.42. The van der Waals surface area contributed by atoms with Gasteiger partial charge in [-0.2, -0.15) is 0 Å². The van der Waals surface area contributed by atoms with Crippen LogP contribution in [0.5, 0.6) is 0 Å². The van der Waals surface area contributed by atoms with Crippen LogP contribution < -0.4 is 5.73 Å². The number of nitrogens with zero attached hydrogens (tertiary/aromatic N) is 1. The zero-order chi connectivity index (χ0) is 10.4. The first-order chi connectivity index (χ1) is 6.74. The van der Waals surface area contributed by atoms with Crippen molar-refractivity contribution in [1.29, 1.82) is 0 Å². The van der Waals surface area contributed by atoms with Gasteiger partial charge in [-0.15, -0.1) is 11.8 Å². The standard InChI is InChI=1S/C11H18N2S/c1-3-4-7-14-11-8-10(9(2)12)5-6-13-11/h5-6,8-9H,3-4,7,12H2,1-2H3/t9-/m1/s1.